The lowest BCUT2D eigenvalue weighted by molar-refractivity contribution is 0.403. The number of nitrogens with zero attached hydrogens (tertiary/aromatic N) is 4. The summed E-state index contributed by atoms with van der Waals surface area (Å²) in [6, 6.07) is 10.4. The van der Waals surface area contributed by atoms with E-state index in [-0.39, 0.29) is 40.6 Å². The summed E-state index contributed by atoms with van der Waals surface area (Å²) in [6.45, 7) is 0. The second-order valence-electron chi connectivity index (χ2n) is 5.67. The number of hydrogen-bond donors (Lipinski definition) is 7. The Balaban J connectivity index is 1.69. The van der Waals surface area contributed by atoms with E-state index in [0.29, 0.717) is 11.1 Å². The topological polar surface area (TPSA) is 182 Å². The smallest absolute Gasteiger partial charge is 0.224 e. The molecular formula is C18H17N7O4. The molecule has 0 saturated carbocycles. The molecule has 0 fully saturated rings. The van der Waals surface area contributed by atoms with Crippen LogP contribution in [0.25, 0.3) is 0 Å². The number of hydrogen-bond acceptors (Lipinski definition) is 11. The van der Waals surface area contributed by atoms with Crippen LogP contribution in [0, 0.1) is 0 Å². The third-order valence-corrected chi connectivity index (χ3v) is 3.60. The zero-order valence-corrected chi connectivity index (χ0v) is 14.9. The highest BCUT2D eigenvalue weighted by molar-refractivity contribution is 5.85. The number of aromatic hydroxyl groups is 4. The SMILES string of the molecule is Nc1nc(NN=Cc2cccc(O)c2O)cc(NN=Cc2cccc(O)c2O)n1. The minimum Gasteiger partial charge on any atom is -0.504 e. The van der Waals surface area contributed by atoms with E-state index in [9.17, 15) is 20.4 Å². The lowest BCUT2D eigenvalue weighted by atomic mass is 10.2. The summed E-state index contributed by atoms with van der Waals surface area (Å²) in [5.41, 5.74) is 11.5. The molecule has 1 aromatic heterocycles. The molecule has 11 nitrogen and oxygen atoms in total. The number of nitrogens with two attached hydrogens (primary N) is 1. The summed E-state index contributed by atoms with van der Waals surface area (Å²) >= 11 is 0. The van der Waals surface area contributed by atoms with Crippen molar-refractivity contribution in [3.05, 3.63) is 53.6 Å². The summed E-state index contributed by atoms with van der Waals surface area (Å²) in [6.07, 6.45) is 2.59. The number of anilines is 3. The van der Waals surface area contributed by atoms with Crippen molar-refractivity contribution in [3.63, 3.8) is 0 Å². The third-order valence-electron chi connectivity index (χ3n) is 3.60. The molecule has 1 heterocycles. The Kier molecular flexibility index (Phi) is 5.59. The predicted octanol–water partition coefficient (Wildman–Crippen LogP) is 1.77. The highest BCUT2D eigenvalue weighted by Crippen LogP contribution is 2.27. The molecule has 8 N–H and O–H groups in total. The number of nitrogens with one attached hydrogen (secondary N) is 2. The molecule has 0 aliphatic heterocycles. The average Bonchev–Trinajstić information content (AvgIpc) is 2.68. The molecule has 0 bridgehead atoms. The fraction of sp³-hybridized carbons (Fsp3) is 0. The van der Waals surface area contributed by atoms with Crippen molar-refractivity contribution in [1.82, 2.24) is 9.97 Å². The van der Waals surface area contributed by atoms with Crippen molar-refractivity contribution < 1.29 is 20.4 Å². The van der Waals surface area contributed by atoms with Gasteiger partial charge in [0.1, 0.15) is 0 Å². The number of hydrazone groups is 2. The minimum absolute atomic E-state index is 0.0525. The van der Waals surface area contributed by atoms with Crippen LogP contribution in [0.3, 0.4) is 0 Å². The van der Waals surface area contributed by atoms with Gasteiger partial charge in [-0.05, 0) is 24.3 Å². The van der Waals surface area contributed by atoms with Gasteiger partial charge in [0.05, 0.1) is 12.4 Å². The molecule has 3 rings (SSSR count). The van der Waals surface area contributed by atoms with Gasteiger partial charge >= 0.3 is 0 Å². The molecule has 3 aromatic rings. The number of phenols is 4. The molecule has 0 amide bonds. The summed E-state index contributed by atoms with van der Waals surface area (Å²) in [5.74, 6) is -0.690. The first kappa shape index (κ1) is 19.2. The minimum atomic E-state index is -0.299. The van der Waals surface area contributed by atoms with Crippen LogP contribution in [0.5, 0.6) is 23.0 Å². The van der Waals surface area contributed by atoms with Gasteiger partial charge < -0.3 is 26.2 Å². The van der Waals surface area contributed by atoms with Gasteiger partial charge in [0.25, 0.3) is 0 Å². The molecule has 148 valence electrons. The van der Waals surface area contributed by atoms with E-state index in [1.807, 2.05) is 0 Å². The van der Waals surface area contributed by atoms with Crippen molar-refractivity contribution in [3.8, 4) is 23.0 Å². The molecule has 0 atom stereocenters. The van der Waals surface area contributed by atoms with E-state index in [1.54, 1.807) is 24.3 Å². The lowest BCUT2D eigenvalue weighted by Gasteiger charge is -2.05. The maximum absolute atomic E-state index is 9.74. The maximum atomic E-state index is 9.74. The molecule has 29 heavy (non-hydrogen) atoms. The number of phenolic OH excluding ortho intramolecular Hbond substituents is 4. The number of para-hydroxylation sites is 2. The van der Waals surface area contributed by atoms with Gasteiger partial charge in [0.15, 0.2) is 34.6 Å². The van der Waals surface area contributed by atoms with Crippen LogP contribution in [-0.2, 0) is 0 Å². The Labute approximate surface area is 164 Å². The second kappa shape index (κ2) is 8.43. The molecular weight excluding hydrogens is 378 g/mol. The fourth-order valence-electron chi connectivity index (χ4n) is 2.22. The molecule has 0 radical (unpaired) electrons. The van der Waals surface area contributed by atoms with Gasteiger partial charge in [-0.25, -0.2) is 0 Å². The Bertz CT molecular complexity index is 1000. The summed E-state index contributed by atoms with van der Waals surface area (Å²) in [5, 5.41) is 46.3. The van der Waals surface area contributed by atoms with E-state index >= 15 is 0 Å². The van der Waals surface area contributed by atoms with Crippen LogP contribution in [0.2, 0.25) is 0 Å². The highest BCUT2D eigenvalue weighted by atomic mass is 16.3. The Morgan fingerprint density at radius 2 is 1.21 bits per heavy atom. The van der Waals surface area contributed by atoms with E-state index in [4.69, 9.17) is 5.73 Å². The number of aromatic nitrogens is 2. The van der Waals surface area contributed by atoms with Crippen LogP contribution in [0.1, 0.15) is 11.1 Å². The van der Waals surface area contributed by atoms with Crippen molar-refractivity contribution in [2.45, 2.75) is 0 Å². The van der Waals surface area contributed by atoms with Crippen molar-refractivity contribution in [1.29, 1.82) is 0 Å². The zero-order chi connectivity index (χ0) is 20.8. The molecule has 2 aromatic carbocycles. The van der Waals surface area contributed by atoms with Crippen LogP contribution >= 0.6 is 0 Å². The molecule has 0 saturated heterocycles. The van der Waals surface area contributed by atoms with Crippen molar-refractivity contribution >= 4 is 30.0 Å². The first-order chi connectivity index (χ1) is 13.9. The van der Waals surface area contributed by atoms with Gasteiger partial charge in [-0.3, -0.25) is 10.9 Å². The molecule has 0 unspecified atom stereocenters. The number of nitrogen functional groups attached to an aromatic ring is 1. The van der Waals surface area contributed by atoms with Crippen molar-refractivity contribution in [2.24, 2.45) is 10.2 Å². The van der Waals surface area contributed by atoms with Gasteiger partial charge in [-0.15, -0.1) is 0 Å². The van der Waals surface area contributed by atoms with Gasteiger partial charge in [-0.1, -0.05) is 12.1 Å². The van der Waals surface area contributed by atoms with Crippen LogP contribution in [0.4, 0.5) is 17.6 Å². The molecule has 0 aliphatic rings. The van der Waals surface area contributed by atoms with E-state index < -0.39 is 0 Å². The number of benzene rings is 2. The molecule has 11 heteroatoms. The van der Waals surface area contributed by atoms with E-state index in [1.165, 1.54) is 30.6 Å². The maximum Gasteiger partial charge on any atom is 0.224 e. The Morgan fingerprint density at radius 1 is 0.759 bits per heavy atom. The summed E-state index contributed by atoms with van der Waals surface area (Å²) in [7, 11) is 0. The molecule has 0 spiro atoms. The van der Waals surface area contributed by atoms with Crippen molar-refractivity contribution in [2.75, 3.05) is 16.6 Å². The fourth-order valence-corrected chi connectivity index (χ4v) is 2.22. The first-order valence-electron chi connectivity index (χ1n) is 8.18. The Hall–Kier alpha value is -4.54. The van der Waals surface area contributed by atoms with Crippen LogP contribution < -0.4 is 16.6 Å². The van der Waals surface area contributed by atoms with Crippen LogP contribution in [0.15, 0.2) is 52.7 Å². The first-order valence-corrected chi connectivity index (χ1v) is 8.18. The van der Waals surface area contributed by atoms with Gasteiger partial charge in [0.2, 0.25) is 5.95 Å². The van der Waals surface area contributed by atoms with E-state index in [0.717, 1.165) is 0 Å². The highest BCUT2D eigenvalue weighted by Gasteiger charge is 2.05. The average molecular weight is 395 g/mol. The monoisotopic (exact) mass is 395 g/mol. The largest absolute Gasteiger partial charge is 0.504 e. The lowest BCUT2D eigenvalue weighted by Crippen LogP contribution is -2.03. The van der Waals surface area contributed by atoms with Gasteiger partial charge in [-0.2, -0.15) is 20.2 Å². The summed E-state index contributed by atoms with van der Waals surface area (Å²) < 4.78 is 0. The normalized spacial score (nSPS) is 11.2. The zero-order valence-electron chi connectivity index (χ0n) is 14.9. The third kappa shape index (κ3) is 4.80. The Morgan fingerprint density at radius 3 is 1.66 bits per heavy atom. The second-order valence-corrected chi connectivity index (χ2v) is 5.67. The van der Waals surface area contributed by atoms with Gasteiger partial charge in [0, 0.05) is 17.2 Å². The standard InChI is InChI=1S/C18H17N7O4/c19-18-22-14(24-20-8-10-3-1-5-12(26)16(10)28)7-15(23-18)25-21-9-11-4-2-6-13(27)17(11)29/h1-9,26-29H,(H4,19,22,23,24,25). The summed E-state index contributed by atoms with van der Waals surface area (Å²) in [4.78, 5) is 7.92. The molecule has 0 aliphatic carbocycles. The van der Waals surface area contributed by atoms with Crippen LogP contribution in [-0.4, -0.2) is 42.8 Å². The number of rotatable bonds is 6. The predicted molar refractivity (Wildman–Crippen MR) is 108 cm³/mol. The quantitative estimate of drug-likeness (QED) is 0.186. The van der Waals surface area contributed by atoms with E-state index in [2.05, 4.69) is 31.0 Å².